The molecule has 0 saturated heterocycles. The topological polar surface area (TPSA) is 46.8 Å². The molecule has 1 fully saturated rings. The third kappa shape index (κ3) is 14.6. The van der Waals surface area contributed by atoms with Gasteiger partial charge in [-0.15, -0.1) is 0 Å². The predicted octanol–water partition coefficient (Wildman–Crippen LogP) is 12.5. The molecule has 5 nitrogen and oxygen atoms in total. The molecule has 0 unspecified atom stereocenters. The highest BCUT2D eigenvalue weighted by Gasteiger charge is 2.23. The Bertz CT molecular complexity index is 1330. The van der Waals surface area contributed by atoms with Gasteiger partial charge in [0.25, 0.3) is 0 Å². The first-order valence-corrected chi connectivity index (χ1v) is 19.3. The van der Waals surface area contributed by atoms with E-state index < -0.39 is 0 Å². The number of nitrogens with zero attached hydrogens (tertiary/aromatic N) is 5. The quantitative estimate of drug-likeness (QED) is 0.170. The Hall–Kier alpha value is -3.05. The molecule has 0 bridgehead atoms. The van der Waals surface area contributed by atoms with Crippen LogP contribution in [0.25, 0.3) is 22.3 Å². The number of hydrogen-bond acceptors (Lipinski definition) is 4. The van der Waals surface area contributed by atoms with E-state index in [0.717, 1.165) is 41.1 Å². The van der Waals surface area contributed by atoms with Crippen LogP contribution in [0.4, 0.5) is 0 Å². The highest BCUT2D eigenvalue weighted by Crippen LogP contribution is 2.27. The highest BCUT2D eigenvalue weighted by molar-refractivity contribution is 5.73. The highest BCUT2D eigenvalue weighted by atomic mass is 15.2. The standard InChI is InChI=1S/C15H31N.C14H14.C10H14N4.2C2H6/c1-4-6-12-16(13-7-5-2)15-10-8-14(3)9-11-15;1-2-12-8-10-14(11-9-12)13-6-4-3-5-7-13;1-6(2)14-5-11-9-7(3)12-8(4)13-10(9)14;2*1-2/h14-15H,4-13H2,1-3H3;3-11H,2H2,1H3;5-6H,1-4H3;2*1-2H3. The fourth-order valence-corrected chi connectivity index (χ4v) is 5.94. The summed E-state index contributed by atoms with van der Waals surface area (Å²) >= 11 is 0. The summed E-state index contributed by atoms with van der Waals surface area (Å²) in [6, 6.07) is 20.5. The lowest BCUT2D eigenvalue weighted by Gasteiger charge is -2.36. The Labute approximate surface area is 296 Å². The molecule has 0 aliphatic heterocycles. The first-order valence-electron chi connectivity index (χ1n) is 19.3. The molecule has 0 N–H and O–H groups in total. The molecule has 5 rings (SSSR count). The van der Waals surface area contributed by atoms with E-state index in [1.54, 1.807) is 0 Å². The average molecular weight is 658 g/mol. The van der Waals surface area contributed by atoms with Gasteiger partial charge in [-0.05, 0) is 108 Å². The predicted molar refractivity (Wildman–Crippen MR) is 212 cm³/mol. The van der Waals surface area contributed by atoms with E-state index in [1.165, 1.54) is 81.1 Å². The Morgan fingerprint density at radius 1 is 0.750 bits per heavy atom. The monoisotopic (exact) mass is 658 g/mol. The third-order valence-electron chi connectivity index (χ3n) is 8.83. The lowest BCUT2D eigenvalue weighted by molar-refractivity contribution is 0.136. The molecular weight excluding hydrogens is 587 g/mol. The van der Waals surface area contributed by atoms with Crippen LogP contribution in [0.1, 0.15) is 144 Å². The second-order valence-corrected chi connectivity index (χ2v) is 12.8. The summed E-state index contributed by atoms with van der Waals surface area (Å²) < 4.78 is 2.07. The van der Waals surface area contributed by atoms with Crippen LogP contribution in [-0.2, 0) is 6.42 Å². The van der Waals surface area contributed by atoms with Gasteiger partial charge in [0.05, 0.1) is 12.0 Å². The Morgan fingerprint density at radius 2 is 1.29 bits per heavy atom. The van der Waals surface area contributed by atoms with Gasteiger partial charge in [0.15, 0.2) is 5.65 Å². The normalized spacial score (nSPS) is 15.3. The second kappa shape index (κ2) is 25.0. The number of imidazole rings is 1. The summed E-state index contributed by atoms with van der Waals surface area (Å²) in [5.74, 6) is 1.79. The van der Waals surface area contributed by atoms with Gasteiger partial charge in [-0.3, -0.25) is 0 Å². The number of unbranched alkanes of at least 4 members (excludes halogenated alkanes) is 2. The fraction of sp³-hybridized carbons (Fsp3) is 0.605. The summed E-state index contributed by atoms with van der Waals surface area (Å²) in [7, 11) is 0. The van der Waals surface area contributed by atoms with E-state index in [9.17, 15) is 0 Å². The molecule has 4 aromatic rings. The Kier molecular flexibility index (Phi) is 22.4. The van der Waals surface area contributed by atoms with E-state index in [-0.39, 0.29) is 0 Å². The van der Waals surface area contributed by atoms with E-state index in [1.807, 2.05) is 53.9 Å². The average Bonchev–Trinajstić information content (AvgIpc) is 3.56. The molecule has 1 aliphatic rings. The molecule has 1 aliphatic carbocycles. The van der Waals surface area contributed by atoms with Crippen molar-refractivity contribution in [2.75, 3.05) is 13.1 Å². The SMILES string of the molecule is CC.CC.CCCCN(CCCC)C1CCC(C)CC1.CCc1ccc(-c2ccccc2)cc1.Cc1nc(C)c2ncn(C(C)C)c2n1. The summed E-state index contributed by atoms with van der Waals surface area (Å²) in [6.45, 7) is 28.0. The first-order chi connectivity index (χ1) is 23.3. The van der Waals surface area contributed by atoms with Crippen molar-refractivity contribution in [2.24, 2.45) is 5.92 Å². The molecule has 0 atom stereocenters. The number of rotatable bonds is 10. The third-order valence-corrected chi connectivity index (χ3v) is 8.83. The fourth-order valence-electron chi connectivity index (χ4n) is 5.94. The van der Waals surface area contributed by atoms with Crippen molar-refractivity contribution in [1.82, 2.24) is 24.4 Å². The second-order valence-electron chi connectivity index (χ2n) is 12.8. The summed E-state index contributed by atoms with van der Waals surface area (Å²) in [6.07, 6.45) is 14.2. The van der Waals surface area contributed by atoms with Crippen LogP contribution >= 0.6 is 0 Å². The van der Waals surface area contributed by atoms with Crippen molar-refractivity contribution in [3.05, 3.63) is 78.0 Å². The van der Waals surface area contributed by atoms with Gasteiger partial charge in [-0.2, -0.15) is 0 Å². The number of fused-ring (bicyclic) bond motifs is 1. The van der Waals surface area contributed by atoms with E-state index in [0.29, 0.717) is 6.04 Å². The van der Waals surface area contributed by atoms with Gasteiger partial charge in [-0.1, -0.05) is 123 Å². The zero-order chi connectivity index (χ0) is 35.9. The molecule has 48 heavy (non-hydrogen) atoms. The van der Waals surface area contributed by atoms with Crippen LogP contribution in [-0.4, -0.2) is 43.6 Å². The summed E-state index contributed by atoms with van der Waals surface area (Å²) in [5, 5.41) is 0. The van der Waals surface area contributed by atoms with Gasteiger partial charge >= 0.3 is 0 Å². The molecule has 0 radical (unpaired) electrons. The molecule has 2 aromatic heterocycles. The lowest BCUT2D eigenvalue weighted by Crippen LogP contribution is -2.39. The minimum absolute atomic E-state index is 0.383. The number of aromatic nitrogens is 4. The summed E-state index contributed by atoms with van der Waals surface area (Å²) in [5.41, 5.74) is 6.77. The largest absolute Gasteiger partial charge is 0.313 e. The van der Waals surface area contributed by atoms with Crippen molar-refractivity contribution in [3.63, 3.8) is 0 Å². The first kappa shape index (κ1) is 43.0. The van der Waals surface area contributed by atoms with Crippen molar-refractivity contribution < 1.29 is 0 Å². The van der Waals surface area contributed by atoms with Crippen LogP contribution in [0.2, 0.25) is 0 Å². The van der Waals surface area contributed by atoms with Crippen LogP contribution in [0.15, 0.2) is 60.9 Å². The molecule has 0 amide bonds. The van der Waals surface area contributed by atoms with Crippen LogP contribution in [0, 0.1) is 19.8 Å². The molecule has 268 valence electrons. The van der Waals surface area contributed by atoms with Crippen LogP contribution in [0.5, 0.6) is 0 Å². The molecule has 0 spiro atoms. The van der Waals surface area contributed by atoms with Crippen molar-refractivity contribution in [3.8, 4) is 11.1 Å². The molecule has 5 heteroatoms. The van der Waals surface area contributed by atoms with Gasteiger partial charge in [0.2, 0.25) is 0 Å². The molecular formula is C43H71N5. The maximum atomic E-state index is 4.41. The zero-order valence-corrected chi connectivity index (χ0v) is 33.0. The van der Waals surface area contributed by atoms with E-state index >= 15 is 0 Å². The molecule has 2 heterocycles. The zero-order valence-electron chi connectivity index (χ0n) is 33.0. The van der Waals surface area contributed by atoms with E-state index in [4.69, 9.17) is 0 Å². The van der Waals surface area contributed by atoms with Gasteiger partial charge < -0.3 is 9.47 Å². The maximum Gasteiger partial charge on any atom is 0.164 e. The van der Waals surface area contributed by atoms with Crippen molar-refractivity contribution in [2.45, 2.75) is 153 Å². The van der Waals surface area contributed by atoms with Crippen molar-refractivity contribution in [1.29, 1.82) is 0 Å². The maximum absolute atomic E-state index is 4.41. The lowest BCUT2D eigenvalue weighted by atomic mass is 9.86. The number of hydrogen-bond donors (Lipinski definition) is 0. The molecule has 1 saturated carbocycles. The van der Waals surface area contributed by atoms with Gasteiger partial charge in [-0.25, -0.2) is 15.0 Å². The van der Waals surface area contributed by atoms with Crippen molar-refractivity contribution >= 4 is 11.2 Å². The van der Waals surface area contributed by atoms with Crippen LogP contribution in [0.3, 0.4) is 0 Å². The minimum Gasteiger partial charge on any atom is -0.313 e. The van der Waals surface area contributed by atoms with Gasteiger partial charge in [0, 0.05) is 12.1 Å². The molecule has 2 aromatic carbocycles. The number of aryl methyl sites for hydroxylation is 3. The van der Waals surface area contributed by atoms with Crippen LogP contribution < -0.4 is 0 Å². The van der Waals surface area contributed by atoms with Gasteiger partial charge in [0.1, 0.15) is 11.3 Å². The van der Waals surface area contributed by atoms with E-state index in [2.05, 4.69) is 114 Å². The summed E-state index contributed by atoms with van der Waals surface area (Å²) in [4.78, 5) is 15.8. The smallest absolute Gasteiger partial charge is 0.164 e. The number of benzene rings is 2. The Morgan fingerprint density at radius 3 is 1.79 bits per heavy atom. The minimum atomic E-state index is 0.383. The Balaban J connectivity index is 0.000000342.